The minimum absolute atomic E-state index is 0.298. The van der Waals surface area contributed by atoms with Crippen LogP contribution in [0.5, 0.6) is 0 Å². The molecule has 0 fully saturated rings. The monoisotopic (exact) mass is 293 g/mol. The van der Waals surface area contributed by atoms with Gasteiger partial charge in [-0.15, -0.1) is 0 Å². The number of benzene rings is 2. The number of primary amides is 1. The number of nitrogens with one attached hydrogen (secondary N) is 1. The number of carbonyl (C=O) groups excluding carboxylic acids is 2. The van der Waals surface area contributed by atoms with Crippen molar-refractivity contribution in [3.63, 3.8) is 0 Å². The Morgan fingerprint density at radius 1 is 1.18 bits per heavy atom. The smallest absolute Gasteiger partial charge is 0.255 e. The molecule has 0 saturated heterocycles. The highest BCUT2D eigenvalue weighted by Gasteiger charge is 2.12. The lowest BCUT2D eigenvalue weighted by atomic mass is 10.0. The van der Waals surface area contributed by atoms with Gasteiger partial charge in [0.25, 0.3) is 5.91 Å². The lowest BCUT2D eigenvalue weighted by Crippen LogP contribution is -2.18. The summed E-state index contributed by atoms with van der Waals surface area (Å²) in [6, 6.07) is 15.4. The average Bonchev–Trinajstić information content (AvgIpc) is 2.54. The number of hydrogen-bond donors (Lipinski definition) is 2. The molecule has 5 nitrogen and oxygen atoms in total. The summed E-state index contributed by atoms with van der Waals surface area (Å²) in [5, 5.41) is 11.6. The SMILES string of the molecule is CC(C(N)=O)c1ccc(NC(=O)c2cccc(C#N)c2)cc1. The van der Waals surface area contributed by atoms with Crippen molar-refractivity contribution in [1.29, 1.82) is 5.26 Å². The molecule has 0 aliphatic carbocycles. The van der Waals surface area contributed by atoms with Gasteiger partial charge in [0.15, 0.2) is 0 Å². The van der Waals surface area contributed by atoms with Gasteiger partial charge < -0.3 is 11.1 Å². The third-order valence-corrected chi connectivity index (χ3v) is 3.35. The van der Waals surface area contributed by atoms with Crippen molar-refractivity contribution in [2.24, 2.45) is 5.73 Å². The number of nitrogens with zero attached hydrogens (tertiary/aromatic N) is 1. The Labute approximate surface area is 128 Å². The lowest BCUT2D eigenvalue weighted by molar-refractivity contribution is -0.119. The van der Waals surface area contributed by atoms with Crippen molar-refractivity contribution in [3.05, 3.63) is 65.2 Å². The van der Waals surface area contributed by atoms with Gasteiger partial charge in [-0.25, -0.2) is 0 Å². The Bertz CT molecular complexity index is 745. The van der Waals surface area contributed by atoms with Crippen LogP contribution in [0.4, 0.5) is 5.69 Å². The Balaban J connectivity index is 2.12. The summed E-state index contributed by atoms with van der Waals surface area (Å²) in [5.74, 6) is -1.07. The number of nitriles is 1. The highest BCUT2D eigenvalue weighted by atomic mass is 16.2. The molecule has 2 rings (SSSR count). The normalized spacial score (nSPS) is 11.3. The largest absolute Gasteiger partial charge is 0.369 e. The van der Waals surface area contributed by atoms with Crippen molar-refractivity contribution in [3.8, 4) is 6.07 Å². The number of carbonyl (C=O) groups is 2. The highest BCUT2D eigenvalue weighted by Crippen LogP contribution is 2.18. The fraction of sp³-hybridized carbons (Fsp3) is 0.118. The lowest BCUT2D eigenvalue weighted by Gasteiger charge is -2.09. The molecule has 5 heteroatoms. The molecule has 2 aromatic carbocycles. The van der Waals surface area contributed by atoms with E-state index in [1.807, 2.05) is 6.07 Å². The van der Waals surface area contributed by atoms with E-state index in [1.165, 1.54) is 6.07 Å². The fourth-order valence-electron chi connectivity index (χ4n) is 1.95. The van der Waals surface area contributed by atoms with Crippen LogP contribution in [0.2, 0.25) is 0 Å². The molecule has 0 aliphatic rings. The zero-order valence-electron chi connectivity index (χ0n) is 12.0. The molecule has 110 valence electrons. The van der Waals surface area contributed by atoms with E-state index in [0.717, 1.165) is 5.56 Å². The van der Waals surface area contributed by atoms with Gasteiger partial charge >= 0.3 is 0 Å². The van der Waals surface area contributed by atoms with Gasteiger partial charge in [-0.05, 0) is 42.8 Å². The van der Waals surface area contributed by atoms with Crippen molar-refractivity contribution < 1.29 is 9.59 Å². The molecule has 0 radical (unpaired) electrons. The van der Waals surface area contributed by atoms with Crippen LogP contribution in [0.1, 0.15) is 34.3 Å². The summed E-state index contributed by atoms with van der Waals surface area (Å²) < 4.78 is 0. The average molecular weight is 293 g/mol. The highest BCUT2D eigenvalue weighted by molar-refractivity contribution is 6.04. The van der Waals surface area contributed by atoms with Crippen LogP contribution < -0.4 is 11.1 Å². The minimum atomic E-state index is -0.398. The van der Waals surface area contributed by atoms with Gasteiger partial charge in [-0.1, -0.05) is 18.2 Å². The predicted molar refractivity (Wildman–Crippen MR) is 83.2 cm³/mol. The van der Waals surface area contributed by atoms with Gasteiger partial charge in [0.1, 0.15) is 0 Å². The maximum absolute atomic E-state index is 12.1. The molecule has 2 amide bonds. The number of hydrogen-bond acceptors (Lipinski definition) is 3. The number of rotatable bonds is 4. The summed E-state index contributed by atoms with van der Waals surface area (Å²) in [6.45, 7) is 1.73. The standard InChI is InChI=1S/C17H15N3O2/c1-11(16(19)21)13-5-7-15(8-6-13)20-17(22)14-4-2-3-12(9-14)10-18/h2-9,11H,1H3,(H2,19,21)(H,20,22). The van der Waals surface area contributed by atoms with Crippen LogP contribution >= 0.6 is 0 Å². The van der Waals surface area contributed by atoms with E-state index < -0.39 is 5.91 Å². The van der Waals surface area contributed by atoms with E-state index in [-0.39, 0.29) is 11.8 Å². The Kier molecular flexibility index (Phi) is 4.54. The molecule has 0 bridgehead atoms. The zero-order chi connectivity index (χ0) is 16.1. The Morgan fingerprint density at radius 2 is 1.86 bits per heavy atom. The van der Waals surface area contributed by atoms with Gasteiger partial charge in [-0.2, -0.15) is 5.26 Å². The molecule has 3 N–H and O–H groups in total. The van der Waals surface area contributed by atoms with Crippen molar-refractivity contribution in [2.75, 3.05) is 5.32 Å². The maximum atomic E-state index is 12.1. The van der Waals surface area contributed by atoms with Gasteiger partial charge in [0, 0.05) is 11.3 Å². The topological polar surface area (TPSA) is 96.0 Å². The van der Waals surface area contributed by atoms with Crippen LogP contribution in [0, 0.1) is 11.3 Å². The summed E-state index contributed by atoms with van der Waals surface area (Å²) in [7, 11) is 0. The summed E-state index contributed by atoms with van der Waals surface area (Å²) in [5.41, 5.74) is 7.49. The van der Waals surface area contributed by atoms with Crippen molar-refractivity contribution in [2.45, 2.75) is 12.8 Å². The Morgan fingerprint density at radius 3 is 2.45 bits per heavy atom. The van der Waals surface area contributed by atoms with Crippen LogP contribution in [0.25, 0.3) is 0 Å². The molecule has 0 aromatic heterocycles. The van der Waals surface area contributed by atoms with Crippen molar-refractivity contribution >= 4 is 17.5 Å². The first-order valence-corrected chi connectivity index (χ1v) is 6.72. The molecule has 0 spiro atoms. The van der Waals surface area contributed by atoms with E-state index >= 15 is 0 Å². The van der Waals surface area contributed by atoms with Crippen molar-refractivity contribution in [1.82, 2.24) is 0 Å². The molecule has 1 unspecified atom stereocenters. The third kappa shape index (κ3) is 3.49. The first-order valence-electron chi connectivity index (χ1n) is 6.72. The predicted octanol–water partition coefficient (Wildman–Crippen LogP) is 2.40. The molecule has 1 atom stereocenters. The number of amides is 2. The number of nitrogens with two attached hydrogens (primary N) is 1. The molecule has 0 saturated carbocycles. The number of anilines is 1. The fourth-order valence-corrected chi connectivity index (χ4v) is 1.95. The second-order valence-corrected chi connectivity index (χ2v) is 4.89. The summed E-state index contributed by atoms with van der Waals surface area (Å²) in [6.07, 6.45) is 0. The molecular weight excluding hydrogens is 278 g/mol. The van der Waals surface area contributed by atoms with E-state index in [1.54, 1.807) is 49.4 Å². The third-order valence-electron chi connectivity index (χ3n) is 3.35. The molecule has 22 heavy (non-hydrogen) atoms. The second kappa shape index (κ2) is 6.55. The maximum Gasteiger partial charge on any atom is 0.255 e. The minimum Gasteiger partial charge on any atom is -0.369 e. The molecule has 0 aliphatic heterocycles. The summed E-state index contributed by atoms with van der Waals surface area (Å²) >= 11 is 0. The Hall–Kier alpha value is -3.13. The van der Waals surface area contributed by atoms with Gasteiger partial charge in [-0.3, -0.25) is 9.59 Å². The quantitative estimate of drug-likeness (QED) is 0.905. The van der Waals surface area contributed by atoms with E-state index in [9.17, 15) is 9.59 Å². The van der Waals surface area contributed by atoms with Crippen LogP contribution in [-0.2, 0) is 4.79 Å². The first-order chi connectivity index (χ1) is 10.5. The van der Waals surface area contributed by atoms with E-state index in [0.29, 0.717) is 16.8 Å². The first kappa shape index (κ1) is 15.3. The molecule has 2 aromatic rings. The molecular formula is C17H15N3O2. The zero-order valence-corrected chi connectivity index (χ0v) is 12.0. The molecule has 0 heterocycles. The van der Waals surface area contributed by atoms with E-state index in [4.69, 9.17) is 11.0 Å². The van der Waals surface area contributed by atoms with Crippen LogP contribution in [-0.4, -0.2) is 11.8 Å². The van der Waals surface area contributed by atoms with Crippen LogP contribution in [0.15, 0.2) is 48.5 Å². The van der Waals surface area contributed by atoms with Crippen LogP contribution in [0.3, 0.4) is 0 Å². The van der Waals surface area contributed by atoms with Gasteiger partial charge in [0.2, 0.25) is 5.91 Å². The second-order valence-electron chi connectivity index (χ2n) is 4.89. The van der Waals surface area contributed by atoms with E-state index in [2.05, 4.69) is 5.32 Å². The van der Waals surface area contributed by atoms with Gasteiger partial charge in [0.05, 0.1) is 17.6 Å². The summed E-state index contributed by atoms with van der Waals surface area (Å²) in [4.78, 5) is 23.2.